The zero-order valence-electron chi connectivity index (χ0n) is 9.74. The van der Waals surface area contributed by atoms with Crippen molar-refractivity contribution in [2.24, 2.45) is 0 Å². The van der Waals surface area contributed by atoms with E-state index >= 15 is 0 Å². The van der Waals surface area contributed by atoms with Crippen molar-refractivity contribution in [2.45, 2.75) is 26.2 Å². The van der Waals surface area contributed by atoms with E-state index in [1.807, 2.05) is 20.8 Å². The number of rotatable bonds is 2. The summed E-state index contributed by atoms with van der Waals surface area (Å²) in [7, 11) is 0. The van der Waals surface area contributed by atoms with Crippen LogP contribution >= 0.6 is 0 Å². The number of hydrogen-bond acceptors (Lipinski definition) is 2. The molecule has 3 heteroatoms. The molecular weight excluding hydrogens is 204 g/mol. The first-order valence-electron chi connectivity index (χ1n) is 5.00. The van der Waals surface area contributed by atoms with Gasteiger partial charge in [0.2, 0.25) is 0 Å². The van der Waals surface area contributed by atoms with Crippen LogP contribution in [0, 0.1) is 0 Å². The molecule has 0 spiro atoms. The standard InChI is InChI=1S/C13H16O3/c1-5-8-6-9(13(2,3)4)11(12(15)16)10(14)7-8/h5-7,14H,1H2,2-4H3,(H,15,16). The number of phenols is 1. The lowest BCUT2D eigenvalue weighted by molar-refractivity contribution is 0.0691. The summed E-state index contributed by atoms with van der Waals surface area (Å²) in [6, 6.07) is 3.15. The Morgan fingerprint density at radius 3 is 2.31 bits per heavy atom. The highest BCUT2D eigenvalue weighted by atomic mass is 16.4. The number of carbonyl (C=O) groups is 1. The number of carboxylic acids is 1. The first kappa shape index (κ1) is 12.3. The van der Waals surface area contributed by atoms with E-state index < -0.39 is 5.97 Å². The molecule has 0 aliphatic carbocycles. The molecule has 3 nitrogen and oxygen atoms in total. The molecular formula is C13H16O3. The molecule has 0 amide bonds. The third kappa shape index (κ3) is 2.24. The zero-order chi connectivity index (χ0) is 12.5. The van der Waals surface area contributed by atoms with Gasteiger partial charge in [-0.2, -0.15) is 0 Å². The van der Waals surface area contributed by atoms with Crippen LogP contribution in [0.5, 0.6) is 5.75 Å². The van der Waals surface area contributed by atoms with Crippen LogP contribution in [0.25, 0.3) is 6.08 Å². The van der Waals surface area contributed by atoms with Gasteiger partial charge >= 0.3 is 5.97 Å². The van der Waals surface area contributed by atoms with Crippen molar-refractivity contribution in [3.8, 4) is 5.75 Å². The Morgan fingerprint density at radius 1 is 1.38 bits per heavy atom. The minimum Gasteiger partial charge on any atom is -0.507 e. The lowest BCUT2D eigenvalue weighted by Gasteiger charge is -2.22. The van der Waals surface area contributed by atoms with Gasteiger partial charge in [-0.3, -0.25) is 0 Å². The minimum absolute atomic E-state index is 0.0295. The van der Waals surface area contributed by atoms with Crippen LogP contribution in [-0.2, 0) is 5.41 Å². The molecule has 1 aromatic carbocycles. The molecule has 0 atom stereocenters. The Bertz CT molecular complexity index is 439. The fraction of sp³-hybridized carbons (Fsp3) is 0.308. The number of carboxylic acid groups (broad SMARTS) is 1. The second-order valence-electron chi connectivity index (χ2n) is 4.72. The van der Waals surface area contributed by atoms with Gasteiger partial charge in [0.05, 0.1) is 0 Å². The highest BCUT2D eigenvalue weighted by Gasteiger charge is 2.24. The van der Waals surface area contributed by atoms with E-state index in [2.05, 4.69) is 6.58 Å². The van der Waals surface area contributed by atoms with E-state index in [0.717, 1.165) is 0 Å². The number of aromatic hydroxyl groups is 1. The van der Waals surface area contributed by atoms with Gasteiger partial charge in [-0.05, 0) is 22.6 Å². The van der Waals surface area contributed by atoms with E-state index in [0.29, 0.717) is 11.1 Å². The first-order valence-corrected chi connectivity index (χ1v) is 5.00. The monoisotopic (exact) mass is 220 g/mol. The highest BCUT2D eigenvalue weighted by molar-refractivity contribution is 5.93. The molecule has 0 aliphatic rings. The minimum atomic E-state index is -1.11. The van der Waals surface area contributed by atoms with Gasteiger partial charge in [-0.25, -0.2) is 4.79 Å². The van der Waals surface area contributed by atoms with Crippen LogP contribution in [0.2, 0.25) is 0 Å². The second-order valence-corrected chi connectivity index (χ2v) is 4.72. The molecule has 0 fully saturated rings. The zero-order valence-corrected chi connectivity index (χ0v) is 9.74. The molecule has 0 aliphatic heterocycles. The van der Waals surface area contributed by atoms with Crippen molar-refractivity contribution in [1.82, 2.24) is 0 Å². The van der Waals surface area contributed by atoms with Crippen molar-refractivity contribution < 1.29 is 15.0 Å². The fourth-order valence-corrected chi connectivity index (χ4v) is 1.58. The maximum Gasteiger partial charge on any atom is 0.339 e. The van der Waals surface area contributed by atoms with Gasteiger partial charge in [0, 0.05) is 0 Å². The summed E-state index contributed by atoms with van der Waals surface area (Å²) >= 11 is 0. The topological polar surface area (TPSA) is 57.5 Å². The Kier molecular flexibility index (Phi) is 3.08. The van der Waals surface area contributed by atoms with Gasteiger partial charge in [0.15, 0.2) is 0 Å². The van der Waals surface area contributed by atoms with Crippen LogP contribution in [0.3, 0.4) is 0 Å². The predicted octanol–water partition coefficient (Wildman–Crippen LogP) is 3.03. The summed E-state index contributed by atoms with van der Waals surface area (Å²) in [4.78, 5) is 11.1. The average molecular weight is 220 g/mol. The van der Waals surface area contributed by atoms with Crippen molar-refractivity contribution in [3.63, 3.8) is 0 Å². The summed E-state index contributed by atoms with van der Waals surface area (Å²) in [5.41, 5.74) is 0.949. The van der Waals surface area contributed by atoms with Gasteiger partial charge < -0.3 is 10.2 Å². The molecule has 86 valence electrons. The summed E-state index contributed by atoms with van der Waals surface area (Å²) in [6.07, 6.45) is 1.58. The Labute approximate surface area is 95.0 Å². The molecule has 0 radical (unpaired) electrons. The van der Waals surface area contributed by atoms with Gasteiger partial charge in [0.25, 0.3) is 0 Å². The Balaban J connectivity index is 3.59. The lowest BCUT2D eigenvalue weighted by Crippen LogP contribution is -2.17. The van der Waals surface area contributed by atoms with Crippen molar-refractivity contribution in [2.75, 3.05) is 0 Å². The normalized spacial score (nSPS) is 11.2. The van der Waals surface area contributed by atoms with E-state index in [4.69, 9.17) is 5.11 Å². The molecule has 16 heavy (non-hydrogen) atoms. The number of benzene rings is 1. The van der Waals surface area contributed by atoms with Crippen LogP contribution in [0.15, 0.2) is 18.7 Å². The second kappa shape index (κ2) is 4.00. The summed E-state index contributed by atoms with van der Waals surface area (Å²) < 4.78 is 0. The van der Waals surface area contributed by atoms with Crippen molar-refractivity contribution in [1.29, 1.82) is 0 Å². The number of aromatic carboxylic acids is 1. The smallest absolute Gasteiger partial charge is 0.339 e. The number of hydrogen-bond donors (Lipinski definition) is 2. The molecule has 0 unspecified atom stereocenters. The molecule has 0 bridgehead atoms. The molecule has 0 saturated heterocycles. The van der Waals surface area contributed by atoms with Crippen LogP contribution in [0.1, 0.15) is 42.3 Å². The molecule has 0 saturated carbocycles. The third-order valence-corrected chi connectivity index (χ3v) is 2.40. The fourth-order valence-electron chi connectivity index (χ4n) is 1.58. The molecule has 2 N–H and O–H groups in total. The van der Waals surface area contributed by atoms with Crippen LogP contribution in [0.4, 0.5) is 0 Å². The van der Waals surface area contributed by atoms with E-state index in [-0.39, 0.29) is 16.7 Å². The van der Waals surface area contributed by atoms with E-state index in [1.165, 1.54) is 6.07 Å². The Morgan fingerprint density at radius 2 is 1.94 bits per heavy atom. The molecule has 1 rings (SSSR count). The third-order valence-electron chi connectivity index (χ3n) is 2.40. The van der Waals surface area contributed by atoms with Crippen molar-refractivity contribution >= 4 is 12.0 Å². The molecule has 0 aromatic heterocycles. The summed E-state index contributed by atoms with van der Waals surface area (Å²) in [6.45, 7) is 9.32. The lowest BCUT2D eigenvalue weighted by atomic mass is 9.82. The summed E-state index contributed by atoms with van der Waals surface area (Å²) in [5, 5.41) is 18.8. The summed E-state index contributed by atoms with van der Waals surface area (Å²) in [5.74, 6) is -1.33. The predicted molar refractivity (Wildman–Crippen MR) is 63.9 cm³/mol. The van der Waals surface area contributed by atoms with Crippen LogP contribution in [-0.4, -0.2) is 16.2 Å². The Hall–Kier alpha value is -1.77. The largest absolute Gasteiger partial charge is 0.507 e. The quantitative estimate of drug-likeness (QED) is 0.805. The van der Waals surface area contributed by atoms with Crippen molar-refractivity contribution in [3.05, 3.63) is 35.4 Å². The first-order chi connectivity index (χ1) is 7.27. The average Bonchev–Trinajstić information content (AvgIpc) is 2.14. The maximum atomic E-state index is 11.1. The van der Waals surface area contributed by atoms with Gasteiger partial charge in [-0.15, -0.1) is 0 Å². The molecule has 1 aromatic rings. The SMILES string of the molecule is C=Cc1cc(O)c(C(=O)O)c(C(C)(C)C)c1. The highest BCUT2D eigenvalue weighted by Crippen LogP contribution is 2.33. The maximum absolute atomic E-state index is 11.1. The van der Waals surface area contributed by atoms with Gasteiger partial charge in [0.1, 0.15) is 11.3 Å². The van der Waals surface area contributed by atoms with Gasteiger partial charge in [-0.1, -0.05) is 39.5 Å². The van der Waals surface area contributed by atoms with E-state index in [1.54, 1.807) is 12.1 Å². The van der Waals surface area contributed by atoms with E-state index in [9.17, 15) is 9.90 Å². The molecule has 0 heterocycles. The van der Waals surface area contributed by atoms with Crippen LogP contribution < -0.4 is 0 Å².